The summed E-state index contributed by atoms with van der Waals surface area (Å²) in [6.45, 7) is 3.04. The van der Waals surface area contributed by atoms with E-state index in [1.165, 1.54) is 0 Å². The third-order valence-corrected chi connectivity index (χ3v) is 0.313. The average Bonchev–Trinajstić information content (AvgIpc) is 1.41. The Morgan fingerprint density at radius 3 is 2.17 bits per heavy atom. The van der Waals surface area contributed by atoms with E-state index in [4.69, 9.17) is 0 Å². The lowest BCUT2D eigenvalue weighted by Crippen LogP contribution is -1.61. The summed E-state index contributed by atoms with van der Waals surface area (Å²) >= 11 is 0. The van der Waals surface area contributed by atoms with Crippen LogP contribution in [0.1, 0.15) is 6.42 Å². The molecule has 0 fully saturated rings. The molecule has 0 aliphatic heterocycles. The summed E-state index contributed by atoms with van der Waals surface area (Å²) in [5.74, 6) is 0. The van der Waals surface area contributed by atoms with Gasteiger partial charge in [-0.25, -0.2) is 0 Å². The second-order valence-electron chi connectivity index (χ2n) is 0.766. The summed E-state index contributed by atoms with van der Waals surface area (Å²) in [5.41, 5.74) is 0. The minimum Gasteiger partial charge on any atom is -0.251 e. The third-order valence-electron chi connectivity index (χ3n) is 0.313. The Hall–Kier alpha value is -0.0400. The van der Waals surface area contributed by atoms with E-state index in [0.717, 1.165) is 0 Å². The van der Waals surface area contributed by atoms with Crippen molar-refractivity contribution in [3.8, 4) is 0 Å². The molecule has 38 valence electrons. The van der Waals surface area contributed by atoms with Crippen LogP contribution in [-0.4, -0.2) is 6.67 Å². The topological polar surface area (TPSA) is 0 Å². The van der Waals surface area contributed by atoms with Crippen LogP contribution in [0.15, 0.2) is 12.7 Å². The summed E-state index contributed by atoms with van der Waals surface area (Å²) in [6.07, 6.45) is 2.04. The Morgan fingerprint density at radius 1 is 1.67 bits per heavy atom. The normalized spacial score (nSPS) is 6.17. The smallest absolute Gasteiger partial charge is 0.0928 e. The van der Waals surface area contributed by atoms with Crippen molar-refractivity contribution in [1.82, 2.24) is 0 Å². The van der Waals surface area contributed by atoms with Gasteiger partial charge in [0.05, 0.1) is 6.67 Å². The molecule has 0 bridgehead atoms. The zero-order valence-corrected chi connectivity index (χ0v) is 4.30. The molecule has 0 heterocycles. The second-order valence-corrected chi connectivity index (χ2v) is 0.766. The molecule has 0 saturated carbocycles. The summed E-state index contributed by atoms with van der Waals surface area (Å²) in [5, 5.41) is 0. The standard InChI is InChI=1S/C4H7F.ClH/c1-2-3-4-5;/h2H,1,3-4H2;1H. The maximum Gasteiger partial charge on any atom is 0.0928 e. The van der Waals surface area contributed by atoms with E-state index in [2.05, 4.69) is 6.58 Å². The van der Waals surface area contributed by atoms with Crippen molar-refractivity contribution in [1.29, 1.82) is 0 Å². The summed E-state index contributed by atoms with van der Waals surface area (Å²) in [4.78, 5) is 0. The van der Waals surface area contributed by atoms with Crippen LogP contribution in [0.3, 0.4) is 0 Å². The predicted molar refractivity (Wildman–Crippen MR) is 28.0 cm³/mol. The van der Waals surface area contributed by atoms with Crippen LogP contribution in [0.4, 0.5) is 4.39 Å². The van der Waals surface area contributed by atoms with Crippen LogP contribution >= 0.6 is 12.4 Å². The van der Waals surface area contributed by atoms with Crippen LogP contribution in [0.5, 0.6) is 0 Å². The lowest BCUT2D eigenvalue weighted by atomic mass is 10.5. The zero-order chi connectivity index (χ0) is 4.12. The lowest BCUT2D eigenvalue weighted by Gasteiger charge is -1.69. The van der Waals surface area contributed by atoms with Gasteiger partial charge in [-0.15, -0.1) is 19.0 Å². The highest BCUT2D eigenvalue weighted by Gasteiger charge is 1.65. The first-order valence-electron chi connectivity index (χ1n) is 1.58. The Balaban J connectivity index is 0. The fourth-order valence-electron chi connectivity index (χ4n) is 0.0772. The molecule has 2 heteroatoms. The van der Waals surface area contributed by atoms with E-state index in [9.17, 15) is 4.39 Å². The first-order valence-corrected chi connectivity index (χ1v) is 1.58. The highest BCUT2D eigenvalue weighted by atomic mass is 35.5. The fraction of sp³-hybridized carbons (Fsp3) is 0.500. The van der Waals surface area contributed by atoms with Crippen LogP contribution in [0.25, 0.3) is 0 Å². The van der Waals surface area contributed by atoms with Crippen molar-refractivity contribution in [2.75, 3.05) is 6.67 Å². The number of hydrogen-bond donors (Lipinski definition) is 0. The number of alkyl halides is 1. The molecule has 0 radical (unpaired) electrons. The average molecular weight is 111 g/mol. The van der Waals surface area contributed by atoms with Gasteiger partial charge < -0.3 is 0 Å². The molecular weight excluding hydrogens is 102 g/mol. The van der Waals surface area contributed by atoms with Gasteiger partial charge in [-0.05, 0) is 6.42 Å². The maximum absolute atomic E-state index is 10.9. The first-order chi connectivity index (χ1) is 2.41. The quantitative estimate of drug-likeness (QED) is 0.477. The minimum absolute atomic E-state index is 0. The molecule has 0 N–H and O–H groups in total. The Kier molecular flexibility index (Phi) is 13.8. The van der Waals surface area contributed by atoms with E-state index in [0.29, 0.717) is 6.42 Å². The molecule has 0 aromatic rings. The van der Waals surface area contributed by atoms with E-state index in [-0.39, 0.29) is 19.1 Å². The van der Waals surface area contributed by atoms with Gasteiger partial charge >= 0.3 is 0 Å². The predicted octanol–water partition coefficient (Wildman–Crippen LogP) is 1.95. The van der Waals surface area contributed by atoms with Gasteiger partial charge in [0.1, 0.15) is 0 Å². The van der Waals surface area contributed by atoms with E-state index in [1.54, 1.807) is 6.08 Å². The molecule has 0 aliphatic carbocycles. The third kappa shape index (κ3) is 9.03. The van der Waals surface area contributed by atoms with Gasteiger partial charge in [0.15, 0.2) is 0 Å². The van der Waals surface area contributed by atoms with Gasteiger partial charge in [-0.1, -0.05) is 6.08 Å². The summed E-state index contributed by atoms with van der Waals surface area (Å²) < 4.78 is 10.9. The maximum atomic E-state index is 10.9. The highest BCUT2D eigenvalue weighted by Crippen LogP contribution is 1.75. The van der Waals surface area contributed by atoms with Crippen LogP contribution in [0, 0.1) is 0 Å². The van der Waals surface area contributed by atoms with Crippen molar-refractivity contribution in [2.24, 2.45) is 0 Å². The van der Waals surface area contributed by atoms with Gasteiger partial charge in [-0.3, -0.25) is 4.39 Å². The Morgan fingerprint density at radius 2 is 2.17 bits per heavy atom. The summed E-state index contributed by atoms with van der Waals surface area (Å²) in [6, 6.07) is 0. The molecule has 0 aromatic heterocycles. The van der Waals surface area contributed by atoms with Crippen molar-refractivity contribution in [3.63, 3.8) is 0 Å². The molecule has 0 rings (SSSR count). The van der Waals surface area contributed by atoms with Crippen LogP contribution in [-0.2, 0) is 0 Å². The minimum atomic E-state index is -0.274. The van der Waals surface area contributed by atoms with Crippen molar-refractivity contribution in [2.45, 2.75) is 6.42 Å². The van der Waals surface area contributed by atoms with Crippen LogP contribution < -0.4 is 0 Å². The van der Waals surface area contributed by atoms with E-state index >= 15 is 0 Å². The molecule has 0 aromatic carbocycles. The van der Waals surface area contributed by atoms with Gasteiger partial charge in [0.2, 0.25) is 0 Å². The van der Waals surface area contributed by atoms with Gasteiger partial charge in [0, 0.05) is 0 Å². The number of allylic oxidation sites excluding steroid dienone is 1. The molecule has 0 unspecified atom stereocenters. The van der Waals surface area contributed by atoms with Crippen molar-refractivity contribution < 1.29 is 4.39 Å². The Labute approximate surface area is 43.5 Å². The van der Waals surface area contributed by atoms with Crippen molar-refractivity contribution in [3.05, 3.63) is 12.7 Å². The SMILES string of the molecule is C=CCCF.Cl. The van der Waals surface area contributed by atoms with E-state index in [1.807, 2.05) is 0 Å². The number of rotatable bonds is 2. The highest BCUT2D eigenvalue weighted by molar-refractivity contribution is 5.85. The zero-order valence-electron chi connectivity index (χ0n) is 3.48. The molecule has 0 saturated heterocycles. The van der Waals surface area contributed by atoms with Crippen molar-refractivity contribution >= 4 is 12.4 Å². The number of hydrogen-bond acceptors (Lipinski definition) is 0. The first kappa shape index (κ1) is 9.35. The van der Waals surface area contributed by atoms with Gasteiger partial charge in [0.25, 0.3) is 0 Å². The fourth-order valence-corrected chi connectivity index (χ4v) is 0.0772. The largest absolute Gasteiger partial charge is 0.251 e. The monoisotopic (exact) mass is 110 g/mol. The second kappa shape index (κ2) is 8.88. The molecule has 0 nitrogen and oxygen atoms in total. The molecule has 6 heavy (non-hydrogen) atoms. The lowest BCUT2D eigenvalue weighted by molar-refractivity contribution is 0.501. The summed E-state index contributed by atoms with van der Waals surface area (Å²) in [7, 11) is 0. The molecule has 0 aliphatic rings. The molecule has 0 atom stereocenters. The van der Waals surface area contributed by atoms with E-state index < -0.39 is 0 Å². The molecule has 0 spiro atoms. The molecular formula is C4H8ClF. The molecule has 0 amide bonds. The number of halogens is 2. The van der Waals surface area contributed by atoms with Gasteiger partial charge in [-0.2, -0.15) is 0 Å². The van der Waals surface area contributed by atoms with Crippen LogP contribution in [0.2, 0.25) is 0 Å². The Bertz CT molecular complexity index is 28.7.